The highest BCUT2D eigenvalue weighted by atomic mass is 35.5. The van der Waals surface area contributed by atoms with Gasteiger partial charge in [0.2, 0.25) is 0 Å². The molecule has 0 aliphatic rings. The second kappa shape index (κ2) is 7.34. The lowest BCUT2D eigenvalue weighted by atomic mass is 10.1. The largest absolute Gasteiger partial charge is 0.478 e. The summed E-state index contributed by atoms with van der Waals surface area (Å²) in [6.45, 7) is 5.44. The van der Waals surface area contributed by atoms with Crippen LogP contribution in [0.2, 0.25) is 5.02 Å². The normalized spacial score (nSPS) is 12.7. The molecule has 0 bridgehead atoms. The maximum atomic E-state index is 12.3. The van der Waals surface area contributed by atoms with E-state index in [0.29, 0.717) is 10.8 Å². The maximum Gasteiger partial charge on any atom is 0.263 e. The van der Waals surface area contributed by atoms with Gasteiger partial charge in [0.05, 0.1) is 0 Å². The van der Waals surface area contributed by atoms with Crippen molar-refractivity contribution >= 4 is 28.8 Å². The van der Waals surface area contributed by atoms with E-state index in [1.165, 1.54) is 11.3 Å². The molecule has 2 rings (SSSR count). The van der Waals surface area contributed by atoms with Gasteiger partial charge >= 0.3 is 0 Å². The van der Waals surface area contributed by atoms with E-state index in [1.807, 2.05) is 18.4 Å². The SMILES string of the molecule is Cc1ccsc1[C@@H](O)CNC(=O)C(C)(C)Oc1ccc(Cl)cc1. The van der Waals surface area contributed by atoms with Gasteiger partial charge in [-0.2, -0.15) is 0 Å². The van der Waals surface area contributed by atoms with Gasteiger partial charge in [-0.15, -0.1) is 11.3 Å². The van der Waals surface area contributed by atoms with Gasteiger partial charge in [-0.3, -0.25) is 4.79 Å². The molecule has 0 saturated heterocycles. The molecule has 0 fully saturated rings. The molecule has 0 unspecified atom stereocenters. The van der Waals surface area contributed by atoms with E-state index in [1.54, 1.807) is 38.1 Å². The van der Waals surface area contributed by atoms with Crippen molar-refractivity contribution in [1.29, 1.82) is 0 Å². The number of amides is 1. The first kappa shape index (κ1) is 17.8. The molecule has 23 heavy (non-hydrogen) atoms. The van der Waals surface area contributed by atoms with Crippen molar-refractivity contribution in [3.63, 3.8) is 0 Å². The summed E-state index contributed by atoms with van der Waals surface area (Å²) in [6.07, 6.45) is -0.717. The molecule has 0 spiro atoms. The number of aliphatic hydroxyl groups excluding tert-OH is 1. The first-order valence-corrected chi connectivity index (χ1v) is 8.50. The average molecular weight is 354 g/mol. The number of hydrogen-bond donors (Lipinski definition) is 2. The van der Waals surface area contributed by atoms with Crippen molar-refractivity contribution in [2.75, 3.05) is 6.54 Å². The Kier molecular flexibility index (Phi) is 5.68. The Hall–Kier alpha value is -1.56. The molecule has 1 amide bonds. The summed E-state index contributed by atoms with van der Waals surface area (Å²) in [7, 11) is 0. The van der Waals surface area contributed by atoms with E-state index in [9.17, 15) is 9.90 Å². The lowest BCUT2D eigenvalue weighted by Gasteiger charge is -2.26. The molecule has 124 valence electrons. The van der Waals surface area contributed by atoms with Crippen LogP contribution in [0.3, 0.4) is 0 Å². The number of halogens is 1. The third-order valence-electron chi connectivity index (χ3n) is 3.39. The Labute approximate surface area is 145 Å². The third-order valence-corrected chi connectivity index (χ3v) is 4.77. The number of carbonyl (C=O) groups excluding carboxylic acids is 1. The summed E-state index contributed by atoms with van der Waals surface area (Å²) in [5.41, 5.74) is -0.0358. The molecule has 6 heteroatoms. The van der Waals surface area contributed by atoms with Gasteiger partial charge in [0.15, 0.2) is 5.60 Å². The number of hydrogen-bond acceptors (Lipinski definition) is 4. The Morgan fingerprint density at radius 3 is 2.57 bits per heavy atom. The van der Waals surface area contributed by atoms with Gasteiger partial charge in [0.25, 0.3) is 5.91 Å². The summed E-state index contributed by atoms with van der Waals surface area (Å²) in [4.78, 5) is 13.2. The zero-order chi connectivity index (χ0) is 17.0. The minimum Gasteiger partial charge on any atom is -0.478 e. The molecule has 1 aromatic carbocycles. The lowest BCUT2D eigenvalue weighted by molar-refractivity contribution is -0.134. The highest BCUT2D eigenvalue weighted by Gasteiger charge is 2.30. The van der Waals surface area contributed by atoms with Crippen LogP contribution in [0.25, 0.3) is 0 Å². The van der Waals surface area contributed by atoms with E-state index in [-0.39, 0.29) is 12.5 Å². The predicted molar refractivity (Wildman–Crippen MR) is 93.2 cm³/mol. The molecular formula is C17H20ClNO3S. The predicted octanol–water partition coefficient (Wildman–Crippen LogP) is 3.72. The van der Waals surface area contributed by atoms with Crippen LogP contribution in [0, 0.1) is 6.92 Å². The van der Waals surface area contributed by atoms with Gasteiger partial charge in [-0.1, -0.05) is 11.6 Å². The van der Waals surface area contributed by atoms with Crippen molar-refractivity contribution in [2.24, 2.45) is 0 Å². The van der Waals surface area contributed by atoms with E-state index in [4.69, 9.17) is 16.3 Å². The van der Waals surface area contributed by atoms with Gasteiger partial charge in [-0.05, 0) is 62.0 Å². The average Bonchev–Trinajstić information content (AvgIpc) is 2.92. The van der Waals surface area contributed by atoms with Crippen molar-refractivity contribution < 1.29 is 14.6 Å². The van der Waals surface area contributed by atoms with Crippen molar-refractivity contribution in [2.45, 2.75) is 32.5 Å². The number of nitrogens with one attached hydrogen (secondary N) is 1. The molecule has 1 heterocycles. The first-order chi connectivity index (χ1) is 10.8. The molecule has 0 aliphatic heterocycles. The van der Waals surface area contributed by atoms with Crippen LogP contribution in [0.15, 0.2) is 35.7 Å². The van der Waals surface area contributed by atoms with Crippen LogP contribution in [-0.2, 0) is 4.79 Å². The van der Waals surface area contributed by atoms with E-state index in [2.05, 4.69) is 5.32 Å². The van der Waals surface area contributed by atoms with Crippen LogP contribution in [0.5, 0.6) is 5.75 Å². The fourth-order valence-electron chi connectivity index (χ4n) is 2.06. The minimum atomic E-state index is -1.06. The summed E-state index contributed by atoms with van der Waals surface area (Å²) >= 11 is 7.31. The number of thiophene rings is 1. The quantitative estimate of drug-likeness (QED) is 0.832. The standard InChI is InChI=1S/C17H20ClNO3S/c1-11-8-9-23-15(11)14(20)10-19-16(21)17(2,3)22-13-6-4-12(18)5-7-13/h4-9,14,20H,10H2,1-3H3,(H,19,21)/t14-/m0/s1. The molecular weight excluding hydrogens is 334 g/mol. The van der Waals surface area contributed by atoms with Gasteiger partial charge in [0.1, 0.15) is 11.9 Å². The Balaban J connectivity index is 1.93. The fourth-order valence-corrected chi connectivity index (χ4v) is 3.10. The number of rotatable bonds is 6. The Morgan fingerprint density at radius 2 is 2.00 bits per heavy atom. The van der Waals surface area contributed by atoms with Crippen molar-refractivity contribution in [3.05, 3.63) is 51.2 Å². The molecule has 0 saturated carbocycles. The lowest BCUT2D eigenvalue weighted by Crippen LogP contribution is -2.47. The molecule has 0 radical (unpaired) electrons. The maximum absolute atomic E-state index is 12.3. The van der Waals surface area contributed by atoms with Gasteiger partial charge in [-0.25, -0.2) is 0 Å². The van der Waals surface area contributed by atoms with Crippen LogP contribution in [-0.4, -0.2) is 23.2 Å². The van der Waals surface area contributed by atoms with Crippen molar-refractivity contribution in [3.8, 4) is 5.75 Å². The molecule has 2 N–H and O–H groups in total. The van der Waals surface area contributed by atoms with E-state index >= 15 is 0 Å². The van der Waals surface area contributed by atoms with Crippen LogP contribution >= 0.6 is 22.9 Å². The molecule has 0 aliphatic carbocycles. The fraction of sp³-hybridized carbons (Fsp3) is 0.353. The Bertz CT molecular complexity index is 667. The summed E-state index contributed by atoms with van der Waals surface area (Å²) < 4.78 is 5.72. The highest BCUT2D eigenvalue weighted by molar-refractivity contribution is 7.10. The highest BCUT2D eigenvalue weighted by Crippen LogP contribution is 2.24. The zero-order valence-electron chi connectivity index (χ0n) is 13.3. The van der Waals surface area contributed by atoms with Crippen LogP contribution < -0.4 is 10.1 Å². The molecule has 1 aromatic heterocycles. The van der Waals surface area contributed by atoms with E-state index < -0.39 is 11.7 Å². The number of benzene rings is 1. The van der Waals surface area contributed by atoms with Gasteiger partial charge < -0.3 is 15.2 Å². The number of aliphatic hydroxyl groups is 1. The monoisotopic (exact) mass is 353 g/mol. The second-order valence-electron chi connectivity index (χ2n) is 5.76. The molecule has 2 aromatic rings. The summed E-state index contributed by atoms with van der Waals surface area (Å²) in [6, 6.07) is 8.77. The number of carbonyl (C=O) groups is 1. The minimum absolute atomic E-state index is 0.146. The van der Waals surface area contributed by atoms with E-state index in [0.717, 1.165) is 10.4 Å². The second-order valence-corrected chi connectivity index (χ2v) is 7.14. The van der Waals surface area contributed by atoms with Gasteiger partial charge in [0, 0.05) is 16.4 Å². The Morgan fingerprint density at radius 1 is 1.35 bits per heavy atom. The third kappa shape index (κ3) is 4.70. The topological polar surface area (TPSA) is 58.6 Å². The zero-order valence-corrected chi connectivity index (χ0v) is 14.9. The summed E-state index contributed by atoms with van der Waals surface area (Å²) in [5, 5.41) is 15.4. The molecule has 4 nitrogen and oxygen atoms in total. The molecule has 1 atom stereocenters. The first-order valence-electron chi connectivity index (χ1n) is 7.24. The van der Waals surface area contributed by atoms with Crippen LogP contribution in [0.4, 0.5) is 0 Å². The number of aryl methyl sites for hydroxylation is 1. The smallest absolute Gasteiger partial charge is 0.263 e. The number of ether oxygens (including phenoxy) is 1. The summed E-state index contributed by atoms with van der Waals surface area (Å²) in [5.74, 6) is 0.268. The van der Waals surface area contributed by atoms with Crippen molar-refractivity contribution in [1.82, 2.24) is 5.32 Å². The van der Waals surface area contributed by atoms with Crippen LogP contribution in [0.1, 0.15) is 30.4 Å².